The molecule has 1 aromatic rings. The molecule has 0 aromatic carbocycles. The number of hydrogen-bond donors (Lipinski definition) is 0. The van der Waals surface area contributed by atoms with Crippen LogP contribution in [0, 0.1) is 5.41 Å². The Balaban J connectivity index is 2.21. The zero-order valence-corrected chi connectivity index (χ0v) is 7.86. The highest BCUT2D eigenvalue weighted by Gasteiger charge is 2.48. The van der Waals surface area contributed by atoms with E-state index in [0.29, 0.717) is 5.69 Å². The first-order valence-corrected chi connectivity index (χ1v) is 5.07. The summed E-state index contributed by atoms with van der Waals surface area (Å²) >= 11 is 1.35. The predicted octanol–water partition coefficient (Wildman–Crippen LogP) is 2.52. The first-order valence-electron chi connectivity index (χ1n) is 4.24. The first kappa shape index (κ1) is 7.92. The van der Waals surface area contributed by atoms with Gasteiger partial charge in [0.1, 0.15) is 5.69 Å². The predicted molar refractivity (Wildman–Crippen MR) is 48.4 cm³/mol. The molecule has 0 spiro atoms. The third-order valence-electron chi connectivity index (χ3n) is 2.68. The Morgan fingerprint density at radius 2 is 2.50 bits per heavy atom. The Kier molecular flexibility index (Phi) is 1.76. The van der Waals surface area contributed by atoms with Crippen LogP contribution >= 0.6 is 11.5 Å². The lowest BCUT2D eigenvalue weighted by atomic mass is 9.96. The number of rotatable bonds is 3. The summed E-state index contributed by atoms with van der Waals surface area (Å²) in [7, 11) is 0. The number of ketones is 1. The fraction of sp³-hybridized carbons (Fsp3) is 0.556. The number of aromatic nitrogens is 1. The van der Waals surface area contributed by atoms with E-state index in [0.717, 1.165) is 19.3 Å². The number of carbonyl (C=O) groups is 1. The quantitative estimate of drug-likeness (QED) is 0.671. The van der Waals surface area contributed by atoms with Crippen LogP contribution in [-0.2, 0) is 0 Å². The highest BCUT2D eigenvalue weighted by molar-refractivity contribution is 7.03. The summed E-state index contributed by atoms with van der Waals surface area (Å²) in [5, 5.41) is 1.86. The second-order valence-corrected chi connectivity index (χ2v) is 4.01. The fourth-order valence-corrected chi connectivity index (χ4v) is 2.00. The second kappa shape index (κ2) is 2.66. The molecule has 2 rings (SSSR count). The minimum Gasteiger partial charge on any atom is -0.292 e. The Hall–Kier alpha value is -0.700. The molecule has 1 saturated carbocycles. The molecule has 1 aliphatic carbocycles. The topological polar surface area (TPSA) is 30.0 Å². The van der Waals surface area contributed by atoms with Crippen molar-refractivity contribution in [3.63, 3.8) is 0 Å². The highest BCUT2D eigenvalue weighted by Crippen LogP contribution is 2.50. The maximum absolute atomic E-state index is 11.8. The van der Waals surface area contributed by atoms with Gasteiger partial charge in [-0.25, -0.2) is 0 Å². The first-order chi connectivity index (χ1) is 5.78. The van der Waals surface area contributed by atoms with E-state index < -0.39 is 0 Å². The van der Waals surface area contributed by atoms with Gasteiger partial charge in [-0.3, -0.25) is 4.79 Å². The van der Waals surface area contributed by atoms with Crippen molar-refractivity contribution in [1.82, 2.24) is 4.37 Å². The molecule has 12 heavy (non-hydrogen) atoms. The number of nitrogens with zero attached hydrogens (tertiary/aromatic N) is 1. The average molecular weight is 181 g/mol. The average Bonchev–Trinajstić information content (AvgIpc) is 2.71. The molecule has 0 amide bonds. The van der Waals surface area contributed by atoms with Crippen molar-refractivity contribution in [2.45, 2.75) is 26.2 Å². The van der Waals surface area contributed by atoms with Gasteiger partial charge in [-0.15, -0.1) is 0 Å². The summed E-state index contributed by atoms with van der Waals surface area (Å²) in [4.78, 5) is 11.8. The normalized spacial score (nSPS) is 19.1. The van der Waals surface area contributed by atoms with Gasteiger partial charge >= 0.3 is 0 Å². The van der Waals surface area contributed by atoms with Crippen LogP contribution in [-0.4, -0.2) is 10.2 Å². The molecule has 0 atom stereocenters. The van der Waals surface area contributed by atoms with Crippen LogP contribution in [0.5, 0.6) is 0 Å². The van der Waals surface area contributed by atoms with Crippen molar-refractivity contribution in [2.75, 3.05) is 0 Å². The lowest BCUT2D eigenvalue weighted by molar-refractivity contribution is 0.0892. The van der Waals surface area contributed by atoms with Gasteiger partial charge in [0.2, 0.25) is 0 Å². The zero-order chi connectivity index (χ0) is 8.60. The van der Waals surface area contributed by atoms with Crippen LogP contribution in [0.4, 0.5) is 0 Å². The second-order valence-electron chi connectivity index (χ2n) is 3.35. The van der Waals surface area contributed by atoms with Gasteiger partial charge in [0, 0.05) is 10.8 Å². The van der Waals surface area contributed by atoms with Crippen molar-refractivity contribution in [2.24, 2.45) is 5.41 Å². The third-order valence-corrected chi connectivity index (χ3v) is 3.24. The van der Waals surface area contributed by atoms with Crippen LogP contribution in [0.2, 0.25) is 0 Å². The van der Waals surface area contributed by atoms with E-state index in [4.69, 9.17) is 0 Å². The molecular formula is C9H11NOS. The number of hydrogen-bond acceptors (Lipinski definition) is 3. The fourth-order valence-electron chi connectivity index (χ4n) is 1.49. The van der Waals surface area contributed by atoms with Gasteiger partial charge in [0.05, 0.1) is 0 Å². The standard InChI is InChI=1S/C9H11NOS/c1-2-9(4-5-9)8(11)7-3-6-12-10-7/h3,6H,2,4-5H2,1H3. The summed E-state index contributed by atoms with van der Waals surface area (Å²) in [5.41, 5.74) is 0.646. The molecule has 0 radical (unpaired) electrons. The van der Waals surface area contributed by atoms with E-state index in [1.807, 2.05) is 11.4 Å². The zero-order valence-electron chi connectivity index (χ0n) is 7.04. The minimum atomic E-state index is -0.0198. The smallest absolute Gasteiger partial charge is 0.188 e. The monoisotopic (exact) mass is 181 g/mol. The maximum atomic E-state index is 11.8. The van der Waals surface area contributed by atoms with E-state index in [2.05, 4.69) is 11.3 Å². The molecule has 0 N–H and O–H groups in total. The molecular weight excluding hydrogens is 170 g/mol. The lowest BCUT2D eigenvalue weighted by Crippen LogP contribution is -2.14. The lowest BCUT2D eigenvalue weighted by Gasteiger charge is -2.07. The van der Waals surface area contributed by atoms with Crippen molar-refractivity contribution in [3.8, 4) is 0 Å². The van der Waals surface area contributed by atoms with Crippen molar-refractivity contribution in [3.05, 3.63) is 17.1 Å². The van der Waals surface area contributed by atoms with Crippen LogP contribution in [0.25, 0.3) is 0 Å². The molecule has 0 unspecified atom stereocenters. The molecule has 2 nitrogen and oxygen atoms in total. The van der Waals surface area contributed by atoms with Gasteiger partial charge in [0.15, 0.2) is 5.78 Å². The van der Waals surface area contributed by atoms with Crippen LogP contribution in [0.15, 0.2) is 11.4 Å². The van der Waals surface area contributed by atoms with E-state index in [-0.39, 0.29) is 11.2 Å². The summed E-state index contributed by atoms with van der Waals surface area (Å²) < 4.78 is 4.06. The van der Waals surface area contributed by atoms with Crippen molar-refractivity contribution >= 4 is 17.3 Å². The van der Waals surface area contributed by atoms with E-state index in [1.165, 1.54) is 11.5 Å². The molecule has 0 bridgehead atoms. The van der Waals surface area contributed by atoms with E-state index in [9.17, 15) is 4.79 Å². The van der Waals surface area contributed by atoms with Crippen molar-refractivity contribution < 1.29 is 4.79 Å². The summed E-state index contributed by atoms with van der Waals surface area (Å²) in [6, 6.07) is 1.82. The van der Waals surface area contributed by atoms with Gasteiger partial charge in [-0.05, 0) is 36.9 Å². The number of carbonyl (C=O) groups excluding carboxylic acids is 1. The van der Waals surface area contributed by atoms with Gasteiger partial charge in [0.25, 0.3) is 0 Å². The van der Waals surface area contributed by atoms with Gasteiger partial charge < -0.3 is 0 Å². The molecule has 1 heterocycles. The largest absolute Gasteiger partial charge is 0.292 e. The van der Waals surface area contributed by atoms with Crippen LogP contribution < -0.4 is 0 Å². The molecule has 1 aromatic heterocycles. The Morgan fingerprint density at radius 3 is 2.92 bits per heavy atom. The number of Topliss-reactive ketones (excluding diaryl/α,β-unsaturated/α-hetero) is 1. The molecule has 3 heteroatoms. The van der Waals surface area contributed by atoms with Gasteiger partial charge in [-0.1, -0.05) is 6.92 Å². The van der Waals surface area contributed by atoms with Crippen molar-refractivity contribution in [1.29, 1.82) is 0 Å². The van der Waals surface area contributed by atoms with Crippen LogP contribution in [0.1, 0.15) is 36.7 Å². The van der Waals surface area contributed by atoms with Crippen LogP contribution in [0.3, 0.4) is 0 Å². The molecule has 1 fully saturated rings. The summed E-state index contributed by atoms with van der Waals surface area (Å²) in [6.07, 6.45) is 3.07. The van der Waals surface area contributed by atoms with E-state index in [1.54, 1.807) is 0 Å². The SMILES string of the molecule is CCC1(C(=O)c2ccsn2)CC1. The van der Waals surface area contributed by atoms with Gasteiger partial charge in [-0.2, -0.15) is 4.37 Å². The van der Waals surface area contributed by atoms with E-state index >= 15 is 0 Å². The minimum absolute atomic E-state index is 0.0198. The molecule has 0 aliphatic heterocycles. The Morgan fingerprint density at radius 1 is 1.75 bits per heavy atom. The maximum Gasteiger partial charge on any atom is 0.188 e. The Labute approximate surface area is 75.8 Å². The highest BCUT2D eigenvalue weighted by atomic mass is 32.1. The third kappa shape index (κ3) is 1.08. The molecule has 64 valence electrons. The summed E-state index contributed by atoms with van der Waals surface area (Å²) in [6.45, 7) is 2.08. The molecule has 1 aliphatic rings. The Bertz CT molecular complexity index is 287. The molecule has 0 saturated heterocycles. The summed E-state index contributed by atoms with van der Waals surface area (Å²) in [5.74, 6) is 0.256.